The van der Waals surface area contributed by atoms with Crippen LogP contribution in [0.1, 0.15) is 38.5 Å². The van der Waals surface area contributed by atoms with Gasteiger partial charge in [-0.2, -0.15) is 0 Å². The molecule has 1 rings (SSSR count). The van der Waals surface area contributed by atoms with Crippen LogP contribution in [0.3, 0.4) is 0 Å². The fourth-order valence-corrected chi connectivity index (χ4v) is 1.85. The van der Waals surface area contributed by atoms with Gasteiger partial charge in [0.05, 0.1) is 12.7 Å². The Bertz CT molecular complexity index is 141. The molecule has 1 fully saturated rings. The van der Waals surface area contributed by atoms with Crippen molar-refractivity contribution in [3.63, 3.8) is 0 Å². The van der Waals surface area contributed by atoms with Crippen molar-refractivity contribution >= 4 is 0 Å². The predicted molar refractivity (Wildman–Crippen MR) is 60.5 cm³/mol. The molecular weight excluding hydrogens is 174 g/mol. The summed E-state index contributed by atoms with van der Waals surface area (Å²) >= 11 is 0. The average molecular weight is 197 g/mol. The Morgan fingerprint density at radius 3 is 2.79 bits per heavy atom. The minimum Gasteiger partial charge on any atom is -0.377 e. The molecule has 82 valence electrons. The second-order valence-electron chi connectivity index (χ2n) is 3.96. The van der Waals surface area contributed by atoms with Crippen LogP contribution < -0.4 is 5.32 Å². The number of hydrogen-bond acceptors (Lipinski definition) is 2. The molecule has 0 aromatic rings. The SMILES string of the molecule is C=CCCCNCCOC1CCCC1. The molecule has 0 spiro atoms. The quantitative estimate of drug-likeness (QED) is 0.477. The van der Waals surface area contributed by atoms with E-state index in [0.717, 1.165) is 26.1 Å². The third kappa shape index (κ3) is 5.40. The monoisotopic (exact) mass is 197 g/mol. The summed E-state index contributed by atoms with van der Waals surface area (Å²) in [6, 6.07) is 0. The number of ether oxygens (including phenoxy) is 1. The fourth-order valence-electron chi connectivity index (χ4n) is 1.85. The van der Waals surface area contributed by atoms with Crippen LogP contribution in [0.2, 0.25) is 0 Å². The van der Waals surface area contributed by atoms with Crippen molar-refractivity contribution in [1.82, 2.24) is 5.32 Å². The van der Waals surface area contributed by atoms with Gasteiger partial charge < -0.3 is 10.1 Å². The summed E-state index contributed by atoms with van der Waals surface area (Å²) in [5.74, 6) is 0. The molecule has 0 aromatic heterocycles. The highest BCUT2D eigenvalue weighted by Crippen LogP contribution is 2.20. The lowest BCUT2D eigenvalue weighted by molar-refractivity contribution is 0.0604. The van der Waals surface area contributed by atoms with Crippen molar-refractivity contribution < 1.29 is 4.74 Å². The summed E-state index contributed by atoms with van der Waals surface area (Å²) in [7, 11) is 0. The molecule has 0 unspecified atom stereocenters. The van der Waals surface area contributed by atoms with Gasteiger partial charge >= 0.3 is 0 Å². The smallest absolute Gasteiger partial charge is 0.0594 e. The average Bonchev–Trinajstić information content (AvgIpc) is 2.69. The molecule has 0 heterocycles. The number of allylic oxidation sites excluding steroid dienone is 1. The Kier molecular flexibility index (Phi) is 6.71. The number of hydrogen-bond donors (Lipinski definition) is 1. The van der Waals surface area contributed by atoms with Crippen LogP contribution in [0.25, 0.3) is 0 Å². The van der Waals surface area contributed by atoms with Crippen LogP contribution in [-0.2, 0) is 4.74 Å². The minimum absolute atomic E-state index is 0.560. The minimum atomic E-state index is 0.560. The molecule has 1 saturated carbocycles. The lowest BCUT2D eigenvalue weighted by Gasteiger charge is -2.11. The van der Waals surface area contributed by atoms with Gasteiger partial charge in [-0.15, -0.1) is 6.58 Å². The Balaban J connectivity index is 1.77. The van der Waals surface area contributed by atoms with E-state index < -0.39 is 0 Å². The molecule has 0 bridgehead atoms. The highest BCUT2D eigenvalue weighted by Gasteiger charge is 2.14. The molecule has 2 nitrogen and oxygen atoms in total. The maximum Gasteiger partial charge on any atom is 0.0594 e. The van der Waals surface area contributed by atoms with Crippen molar-refractivity contribution in [2.24, 2.45) is 0 Å². The molecule has 0 amide bonds. The molecule has 1 aliphatic rings. The standard InChI is InChI=1S/C12H23NO/c1-2-3-6-9-13-10-11-14-12-7-4-5-8-12/h2,12-13H,1,3-11H2. The van der Waals surface area contributed by atoms with Crippen LogP contribution in [0.15, 0.2) is 12.7 Å². The molecule has 0 aromatic carbocycles. The van der Waals surface area contributed by atoms with Crippen LogP contribution in [-0.4, -0.2) is 25.8 Å². The Hall–Kier alpha value is -0.340. The first-order chi connectivity index (χ1) is 6.93. The first-order valence-electron chi connectivity index (χ1n) is 5.86. The predicted octanol–water partition coefficient (Wildman–Crippen LogP) is 2.50. The zero-order valence-corrected chi connectivity index (χ0v) is 9.13. The van der Waals surface area contributed by atoms with E-state index in [4.69, 9.17) is 4.74 Å². The van der Waals surface area contributed by atoms with E-state index in [2.05, 4.69) is 11.9 Å². The van der Waals surface area contributed by atoms with Gasteiger partial charge in [-0.25, -0.2) is 0 Å². The van der Waals surface area contributed by atoms with Crippen LogP contribution in [0.5, 0.6) is 0 Å². The van der Waals surface area contributed by atoms with E-state index >= 15 is 0 Å². The molecular formula is C12H23NO. The van der Waals surface area contributed by atoms with Crippen LogP contribution >= 0.6 is 0 Å². The van der Waals surface area contributed by atoms with Gasteiger partial charge in [-0.3, -0.25) is 0 Å². The topological polar surface area (TPSA) is 21.3 Å². The molecule has 2 heteroatoms. The van der Waals surface area contributed by atoms with E-state index in [0.29, 0.717) is 6.10 Å². The van der Waals surface area contributed by atoms with Crippen molar-refractivity contribution in [2.75, 3.05) is 19.7 Å². The van der Waals surface area contributed by atoms with Gasteiger partial charge in [0.15, 0.2) is 0 Å². The van der Waals surface area contributed by atoms with E-state index in [1.165, 1.54) is 32.1 Å². The Morgan fingerprint density at radius 2 is 2.07 bits per heavy atom. The van der Waals surface area contributed by atoms with Crippen LogP contribution in [0, 0.1) is 0 Å². The van der Waals surface area contributed by atoms with Crippen molar-refractivity contribution in [2.45, 2.75) is 44.6 Å². The lowest BCUT2D eigenvalue weighted by Crippen LogP contribution is -2.23. The molecule has 14 heavy (non-hydrogen) atoms. The first kappa shape index (κ1) is 11.7. The normalized spacial score (nSPS) is 17.4. The second kappa shape index (κ2) is 8.01. The van der Waals surface area contributed by atoms with E-state index in [-0.39, 0.29) is 0 Å². The Morgan fingerprint density at radius 1 is 1.29 bits per heavy atom. The first-order valence-corrected chi connectivity index (χ1v) is 5.86. The highest BCUT2D eigenvalue weighted by molar-refractivity contribution is 4.67. The summed E-state index contributed by atoms with van der Waals surface area (Å²) in [5, 5.41) is 3.37. The lowest BCUT2D eigenvalue weighted by atomic mass is 10.3. The summed E-state index contributed by atoms with van der Waals surface area (Å²) < 4.78 is 5.73. The molecule has 0 atom stereocenters. The third-order valence-corrected chi connectivity index (χ3v) is 2.70. The van der Waals surface area contributed by atoms with Gasteiger partial charge in [0.25, 0.3) is 0 Å². The van der Waals surface area contributed by atoms with E-state index in [1.807, 2.05) is 6.08 Å². The molecule has 0 aliphatic heterocycles. The van der Waals surface area contributed by atoms with Gasteiger partial charge in [0.2, 0.25) is 0 Å². The Labute approximate surface area is 87.7 Å². The number of unbranched alkanes of at least 4 members (excludes halogenated alkanes) is 1. The largest absolute Gasteiger partial charge is 0.377 e. The molecule has 0 radical (unpaired) electrons. The fraction of sp³-hybridized carbons (Fsp3) is 0.833. The number of nitrogens with one attached hydrogen (secondary N) is 1. The van der Waals surface area contributed by atoms with Gasteiger partial charge in [-0.1, -0.05) is 18.9 Å². The molecule has 1 aliphatic carbocycles. The van der Waals surface area contributed by atoms with Crippen molar-refractivity contribution in [1.29, 1.82) is 0 Å². The van der Waals surface area contributed by atoms with Gasteiger partial charge in [0, 0.05) is 6.54 Å². The summed E-state index contributed by atoms with van der Waals surface area (Å²) in [4.78, 5) is 0. The van der Waals surface area contributed by atoms with Gasteiger partial charge in [0.1, 0.15) is 0 Å². The molecule has 1 N–H and O–H groups in total. The maximum atomic E-state index is 5.73. The zero-order valence-electron chi connectivity index (χ0n) is 9.13. The third-order valence-electron chi connectivity index (χ3n) is 2.70. The van der Waals surface area contributed by atoms with E-state index in [1.54, 1.807) is 0 Å². The van der Waals surface area contributed by atoms with Crippen molar-refractivity contribution in [3.8, 4) is 0 Å². The summed E-state index contributed by atoms with van der Waals surface area (Å²) in [6.07, 6.45) is 10.1. The second-order valence-corrected chi connectivity index (χ2v) is 3.96. The highest BCUT2D eigenvalue weighted by atomic mass is 16.5. The van der Waals surface area contributed by atoms with Crippen LogP contribution in [0.4, 0.5) is 0 Å². The zero-order chi connectivity index (χ0) is 10.1. The number of rotatable bonds is 8. The van der Waals surface area contributed by atoms with Crippen molar-refractivity contribution in [3.05, 3.63) is 12.7 Å². The van der Waals surface area contributed by atoms with E-state index in [9.17, 15) is 0 Å². The summed E-state index contributed by atoms with van der Waals surface area (Å²) in [6.45, 7) is 6.65. The summed E-state index contributed by atoms with van der Waals surface area (Å²) in [5.41, 5.74) is 0. The molecule has 0 saturated heterocycles. The maximum absolute atomic E-state index is 5.73. The van der Waals surface area contributed by atoms with Gasteiger partial charge in [-0.05, 0) is 32.2 Å².